The SMILES string of the molecule is Cn1nc2c(c1CC(=O)O)CNCC2. The molecule has 0 saturated carbocycles. The van der Waals surface area contributed by atoms with E-state index in [2.05, 4.69) is 10.4 Å². The maximum Gasteiger partial charge on any atom is 0.309 e. The summed E-state index contributed by atoms with van der Waals surface area (Å²) >= 11 is 0. The fraction of sp³-hybridized carbons (Fsp3) is 0.556. The van der Waals surface area contributed by atoms with Crippen LogP contribution >= 0.6 is 0 Å². The van der Waals surface area contributed by atoms with Crippen LogP contribution in [0, 0.1) is 0 Å². The third kappa shape index (κ3) is 1.50. The van der Waals surface area contributed by atoms with Gasteiger partial charge in [-0.25, -0.2) is 0 Å². The monoisotopic (exact) mass is 195 g/mol. The van der Waals surface area contributed by atoms with Crippen molar-refractivity contribution in [1.29, 1.82) is 0 Å². The Kier molecular flexibility index (Phi) is 2.25. The predicted molar refractivity (Wildman–Crippen MR) is 50.0 cm³/mol. The van der Waals surface area contributed by atoms with E-state index in [1.165, 1.54) is 0 Å². The summed E-state index contributed by atoms with van der Waals surface area (Å²) in [6.07, 6.45) is 0.948. The van der Waals surface area contributed by atoms with Gasteiger partial charge in [0, 0.05) is 32.1 Å². The fourth-order valence-corrected chi connectivity index (χ4v) is 1.85. The molecule has 0 aliphatic carbocycles. The van der Waals surface area contributed by atoms with Crippen LogP contribution in [0.1, 0.15) is 17.0 Å². The second-order valence-electron chi connectivity index (χ2n) is 3.49. The van der Waals surface area contributed by atoms with Gasteiger partial charge in [0.15, 0.2) is 0 Å². The van der Waals surface area contributed by atoms with Crippen LogP contribution in [0.2, 0.25) is 0 Å². The molecule has 0 atom stereocenters. The Labute approximate surface area is 81.7 Å². The second kappa shape index (κ2) is 3.42. The Morgan fingerprint density at radius 3 is 3.21 bits per heavy atom. The Morgan fingerprint density at radius 1 is 1.71 bits per heavy atom. The molecule has 1 aromatic heterocycles. The number of carboxylic acid groups (broad SMARTS) is 1. The lowest BCUT2D eigenvalue weighted by molar-refractivity contribution is -0.136. The molecule has 0 unspecified atom stereocenters. The molecule has 1 aliphatic heterocycles. The van der Waals surface area contributed by atoms with Crippen molar-refractivity contribution in [2.45, 2.75) is 19.4 Å². The molecule has 0 amide bonds. The first-order chi connectivity index (χ1) is 6.68. The molecule has 76 valence electrons. The van der Waals surface area contributed by atoms with E-state index >= 15 is 0 Å². The van der Waals surface area contributed by atoms with Gasteiger partial charge in [-0.15, -0.1) is 0 Å². The van der Waals surface area contributed by atoms with Crippen molar-refractivity contribution in [3.05, 3.63) is 17.0 Å². The van der Waals surface area contributed by atoms with E-state index in [0.717, 1.165) is 36.5 Å². The predicted octanol–water partition coefficient (Wildman–Crippen LogP) is -0.307. The lowest BCUT2D eigenvalue weighted by atomic mass is 10.1. The van der Waals surface area contributed by atoms with Gasteiger partial charge in [0.1, 0.15) is 0 Å². The average molecular weight is 195 g/mol. The summed E-state index contributed by atoms with van der Waals surface area (Å²) in [4.78, 5) is 10.6. The van der Waals surface area contributed by atoms with E-state index in [-0.39, 0.29) is 6.42 Å². The first kappa shape index (κ1) is 9.21. The zero-order valence-corrected chi connectivity index (χ0v) is 8.08. The van der Waals surface area contributed by atoms with Crippen molar-refractivity contribution in [3.8, 4) is 0 Å². The van der Waals surface area contributed by atoms with Gasteiger partial charge in [0.2, 0.25) is 0 Å². The number of hydrogen-bond donors (Lipinski definition) is 2. The van der Waals surface area contributed by atoms with Crippen molar-refractivity contribution in [2.75, 3.05) is 6.54 Å². The van der Waals surface area contributed by atoms with Gasteiger partial charge < -0.3 is 10.4 Å². The molecule has 0 spiro atoms. The number of hydrogen-bond acceptors (Lipinski definition) is 3. The van der Waals surface area contributed by atoms with Crippen LogP contribution in [0.4, 0.5) is 0 Å². The van der Waals surface area contributed by atoms with Crippen LogP contribution in [0.3, 0.4) is 0 Å². The van der Waals surface area contributed by atoms with Crippen molar-refractivity contribution in [2.24, 2.45) is 7.05 Å². The first-order valence-electron chi connectivity index (χ1n) is 4.64. The number of nitrogens with one attached hydrogen (secondary N) is 1. The number of fused-ring (bicyclic) bond motifs is 1. The van der Waals surface area contributed by atoms with Gasteiger partial charge in [-0.2, -0.15) is 5.10 Å². The summed E-state index contributed by atoms with van der Waals surface area (Å²) in [5, 5.41) is 16.3. The van der Waals surface area contributed by atoms with Gasteiger partial charge in [-0.3, -0.25) is 9.48 Å². The summed E-state index contributed by atoms with van der Waals surface area (Å²) in [5.41, 5.74) is 2.93. The zero-order chi connectivity index (χ0) is 10.1. The van der Waals surface area contributed by atoms with Crippen LogP contribution < -0.4 is 5.32 Å². The topological polar surface area (TPSA) is 67.2 Å². The lowest BCUT2D eigenvalue weighted by Crippen LogP contribution is -2.24. The molecule has 0 fully saturated rings. The standard InChI is InChI=1S/C9H13N3O2/c1-12-8(4-9(13)14)6-5-10-3-2-7(6)11-12/h10H,2-5H2,1H3,(H,13,14). The van der Waals surface area contributed by atoms with Gasteiger partial charge in [-0.1, -0.05) is 0 Å². The minimum atomic E-state index is -0.804. The minimum Gasteiger partial charge on any atom is -0.481 e. The van der Waals surface area contributed by atoms with Crippen LogP contribution in [-0.4, -0.2) is 27.4 Å². The zero-order valence-electron chi connectivity index (χ0n) is 8.08. The van der Waals surface area contributed by atoms with Crippen molar-refractivity contribution < 1.29 is 9.90 Å². The Morgan fingerprint density at radius 2 is 2.50 bits per heavy atom. The average Bonchev–Trinajstić information content (AvgIpc) is 2.43. The summed E-state index contributed by atoms with van der Waals surface area (Å²) < 4.78 is 1.69. The summed E-state index contributed by atoms with van der Waals surface area (Å²) in [6.45, 7) is 1.67. The van der Waals surface area contributed by atoms with E-state index in [4.69, 9.17) is 5.11 Å². The van der Waals surface area contributed by atoms with Crippen molar-refractivity contribution in [1.82, 2.24) is 15.1 Å². The van der Waals surface area contributed by atoms with E-state index in [9.17, 15) is 4.79 Å². The molecule has 14 heavy (non-hydrogen) atoms. The first-order valence-corrected chi connectivity index (χ1v) is 4.64. The number of aromatic nitrogens is 2. The van der Waals surface area contributed by atoms with Crippen LogP contribution in [0.25, 0.3) is 0 Å². The molecule has 0 aromatic carbocycles. The quantitative estimate of drug-likeness (QED) is 0.679. The van der Waals surface area contributed by atoms with E-state index in [0.29, 0.717) is 0 Å². The molecular formula is C9H13N3O2. The second-order valence-corrected chi connectivity index (χ2v) is 3.49. The molecule has 0 bridgehead atoms. The highest BCUT2D eigenvalue weighted by molar-refractivity contribution is 5.70. The lowest BCUT2D eigenvalue weighted by Gasteiger charge is -2.12. The Balaban J connectivity index is 2.37. The van der Waals surface area contributed by atoms with Crippen molar-refractivity contribution >= 4 is 5.97 Å². The maximum absolute atomic E-state index is 10.6. The Hall–Kier alpha value is -1.36. The smallest absolute Gasteiger partial charge is 0.309 e. The third-order valence-electron chi connectivity index (χ3n) is 2.52. The molecule has 5 heteroatoms. The highest BCUT2D eigenvalue weighted by Crippen LogP contribution is 2.17. The highest BCUT2D eigenvalue weighted by Gasteiger charge is 2.20. The molecule has 5 nitrogen and oxygen atoms in total. The van der Waals surface area contributed by atoms with Gasteiger partial charge >= 0.3 is 5.97 Å². The summed E-state index contributed by atoms with van der Waals surface area (Å²) in [6, 6.07) is 0. The van der Waals surface area contributed by atoms with Crippen LogP contribution in [-0.2, 0) is 31.2 Å². The fourth-order valence-electron chi connectivity index (χ4n) is 1.85. The molecule has 1 aliphatic rings. The normalized spacial score (nSPS) is 15.2. The molecule has 0 saturated heterocycles. The molecule has 2 rings (SSSR count). The number of rotatable bonds is 2. The largest absolute Gasteiger partial charge is 0.481 e. The van der Waals surface area contributed by atoms with Gasteiger partial charge in [0.25, 0.3) is 0 Å². The summed E-state index contributed by atoms with van der Waals surface area (Å²) in [7, 11) is 1.80. The molecule has 0 radical (unpaired) electrons. The number of nitrogens with zero attached hydrogens (tertiary/aromatic N) is 2. The molecule has 1 aromatic rings. The molecule has 2 heterocycles. The highest BCUT2D eigenvalue weighted by atomic mass is 16.4. The van der Waals surface area contributed by atoms with Crippen LogP contribution in [0.5, 0.6) is 0 Å². The van der Waals surface area contributed by atoms with Crippen LogP contribution in [0.15, 0.2) is 0 Å². The summed E-state index contributed by atoms with van der Waals surface area (Å²) in [5.74, 6) is -0.804. The van der Waals surface area contributed by atoms with Crippen molar-refractivity contribution in [3.63, 3.8) is 0 Å². The number of carboxylic acids is 1. The van der Waals surface area contributed by atoms with E-state index in [1.54, 1.807) is 11.7 Å². The third-order valence-corrected chi connectivity index (χ3v) is 2.52. The Bertz CT molecular complexity index is 370. The van der Waals surface area contributed by atoms with Gasteiger partial charge in [0.05, 0.1) is 17.8 Å². The minimum absolute atomic E-state index is 0.0561. The number of aliphatic carboxylic acids is 1. The molecule has 2 N–H and O–H groups in total. The van der Waals surface area contributed by atoms with E-state index < -0.39 is 5.97 Å². The van der Waals surface area contributed by atoms with E-state index in [1.807, 2.05) is 0 Å². The van der Waals surface area contributed by atoms with Gasteiger partial charge in [-0.05, 0) is 0 Å². The maximum atomic E-state index is 10.6. The molecular weight excluding hydrogens is 182 g/mol. The number of carbonyl (C=O) groups is 1. The number of aryl methyl sites for hydroxylation is 1.